The van der Waals surface area contributed by atoms with Crippen LogP contribution in [0.3, 0.4) is 0 Å². The SMILES string of the molecule is Cc1cc(-c2csc(NC(=O)CBr)n2)c(C)s1. The molecule has 0 aliphatic rings. The predicted octanol–water partition coefficient (Wildman–Crippen LogP) is 3.82. The van der Waals surface area contributed by atoms with E-state index in [-0.39, 0.29) is 5.91 Å². The fourth-order valence-electron chi connectivity index (χ4n) is 1.49. The van der Waals surface area contributed by atoms with E-state index in [1.165, 1.54) is 21.1 Å². The van der Waals surface area contributed by atoms with Crippen LogP contribution in [-0.4, -0.2) is 16.2 Å². The zero-order chi connectivity index (χ0) is 12.4. The minimum atomic E-state index is -0.0795. The summed E-state index contributed by atoms with van der Waals surface area (Å²) in [7, 11) is 0. The number of hydrogen-bond acceptors (Lipinski definition) is 4. The van der Waals surface area contributed by atoms with E-state index in [1.807, 2.05) is 5.38 Å². The number of thiophene rings is 1. The maximum absolute atomic E-state index is 11.2. The summed E-state index contributed by atoms with van der Waals surface area (Å²) in [5.41, 5.74) is 2.09. The number of alkyl halides is 1. The van der Waals surface area contributed by atoms with Crippen molar-refractivity contribution in [3.05, 3.63) is 21.2 Å². The van der Waals surface area contributed by atoms with Gasteiger partial charge in [0.15, 0.2) is 5.13 Å². The van der Waals surface area contributed by atoms with Gasteiger partial charge in [-0.05, 0) is 19.9 Å². The minimum Gasteiger partial charge on any atom is -0.301 e. The molecule has 0 atom stereocenters. The Labute approximate surface area is 116 Å². The molecule has 0 bridgehead atoms. The highest BCUT2D eigenvalue weighted by Gasteiger charge is 2.10. The molecule has 0 aliphatic carbocycles. The van der Waals surface area contributed by atoms with Crippen molar-refractivity contribution in [3.8, 4) is 11.3 Å². The Bertz CT molecular complexity index is 547. The molecule has 0 fully saturated rings. The van der Waals surface area contributed by atoms with Crippen LogP contribution in [0.15, 0.2) is 11.4 Å². The number of carbonyl (C=O) groups excluding carboxylic acids is 1. The van der Waals surface area contributed by atoms with Crippen LogP contribution in [0, 0.1) is 13.8 Å². The van der Waals surface area contributed by atoms with Crippen LogP contribution in [-0.2, 0) is 4.79 Å². The van der Waals surface area contributed by atoms with Crippen molar-refractivity contribution in [1.82, 2.24) is 4.98 Å². The maximum atomic E-state index is 11.2. The lowest BCUT2D eigenvalue weighted by Gasteiger charge is -1.96. The van der Waals surface area contributed by atoms with Gasteiger partial charge in [0.1, 0.15) is 0 Å². The second kappa shape index (κ2) is 5.29. The monoisotopic (exact) mass is 330 g/mol. The molecule has 0 saturated carbocycles. The Morgan fingerprint density at radius 2 is 2.29 bits per heavy atom. The van der Waals surface area contributed by atoms with E-state index in [9.17, 15) is 4.79 Å². The fraction of sp³-hybridized carbons (Fsp3) is 0.273. The molecule has 2 aromatic heterocycles. The van der Waals surface area contributed by atoms with E-state index in [1.54, 1.807) is 11.3 Å². The fourth-order valence-corrected chi connectivity index (χ4v) is 3.29. The van der Waals surface area contributed by atoms with Crippen LogP contribution in [0.5, 0.6) is 0 Å². The molecule has 1 N–H and O–H groups in total. The van der Waals surface area contributed by atoms with Gasteiger partial charge < -0.3 is 5.32 Å². The van der Waals surface area contributed by atoms with Gasteiger partial charge in [0, 0.05) is 20.7 Å². The number of nitrogens with zero attached hydrogens (tertiary/aromatic N) is 1. The molecule has 0 spiro atoms. The second-order valence-corrected chi connectivity index (χ2v) is 6.43. The molecule has 2 heterocycles. The summed E-state index contributed by atoms with van der Waals surface area (Å²) in [6.07, 6.45) is 0. The molecular formula is C11H11BrN2OS2. The van der Waals surface area contributed by atoms with Crippen LogP contribution in [0.2, 0.25) is 0 Å². The molecular weight excluding hydrogens is 320 g/mol. The van der Waals surface area contributed by atoms with Gasteiger partial charge in [-0.15, -0.1) is 22.7 Å². The van der Waals surface area contributed by atoms with Crippen molar-refractivity contribution in [1.29, 1.82) is 0 Å². The van der Waals surface area contributed by atoms with Crippen LogP contribution in [0.25, 0.3) is 11.3 Å². The van der Waals surface area contributed by atoms with E-state index < -0.39 is 0 Å². The smallest absolute Gasteiger partial charge is 0.236 e. The largest absolute Gasteiger partial charge is 0.301 e. The standard InChI is InChI=1S/C11H11BrN2OS2/c1-6-3-8(7(2)17-6)9-5-16-11(13-9)14-10(15)4-12/h3,5H,4H2,1-2H3,(H,13,14,15). The molecule has 1 amide bonds. The van der Waals surface area contributed by atoms with E-state index in [4.69, 9.17) is 0 Å². The summed E-state index contributed by atoms with van der Waals surface area (Å²) >= 11 is 6.31. The zero-order valence-corrected chi connectivity index (χ0v) is 12.6. The van der Waals surface area contributed by atoms with Crippen LogP contribution >= 0.6 is 38.6 Å². The number of aryl methyl sites for hydroxylation is 2. The lowest BCUT2D eigenvalue weighted by molar-refractivity contribution is -0.113. The number of halogens is 1. The summed E-state index contributed by atoms with van der Waals surface area (Å²) in [4.78, 5) is 18.2. The third kappa shape index (κ3) is 2.94. The van der Waals surface area contributed by atoms with Gasteiger partial charge in [-0.2, -0.15) is 0 Å². The molecule has 2 rings (SSSR count). The predicted molar refractivity (Wildman–Crippen MR) is 77.3 cm³/mol. The van der Waals surface area contributed by atoms with Gasteiger partial charge in [0.2, 0.25) is 5.91 Å². The Hall–Kier alpha value is -0.720. The number of thiazole rings is 1. The highest BCUT2D eigenvalue weighted by molar-refractivity contribution is 9.09. The number of rotatable bonds is 3. The summed E-state index contributed by atoms with van der Waals surface area (Å²) in [5.74, 6) is -0.0795. The third-order valence-corrected chi connectivity index (χ3v) is 4.42. The van der Waals surface area contributed by atoms with Crippen molar-refractivity contribution in [3.63, 3.8) is 0 Å². The summed E-state index contributed by atoms with van der Waals surface area (Å²) in [5, 5.41) is 5.64. The molecule has 3 nitrogen and oxygen atoms in total. The Morgan fingerprint density at radius 1 is 1.53 bits per heavy atom. The molecule has 0 aromatic carbocycles. The first-order valence-electron chi connectivity index (χ1n) is 4.99. The number of nitrogens with one attached hydrogen (secondary N) is 1. The Balaban J connectivity index is 2.24. The summed E-state index contributed by atoms with van der Waals surface area (Å²) < 4.78 is 0. The first-order valence-corrected chi connectivity index (χ1v) is 7.80. The number of amides is 1. The van der Waals surface area contributed by atoms with Crippen LogP contribution < -0.4 is 5.32 Å². The van der Waals surface area contributed by atoms with E-state index >= 15 is 0 Å². The number of aromatic nitrogens is 1. The molecule has 0 aliphatic heterocycles. The van der Waals surface area contributed by atoms with E-state index in [2.05, 4.69) is 46.1 Å². The quantitative estimate of drug-likeness (QED) is 0.869. The van der Waals surface area contributed by atoms with Gasteiger partial charge in [-0.25, -0.2) is 4.98 Å². The van der Waals surface area contributed by atoms with Crippen LogP contribution in [0.4, 0.5) is 5.13 Å². The molecule has 0 saturated heterocycles. The number of hydrogen-bond donors (Lipinski definition) is 1. The number of carbonyl (C=O) groups is 1. The van der Waals surface area contributed by atoms with Gasteiger partial charge in [0.05, 0.1) is 11.0 Å². The van der Waals surface area contributed by atoms with Crippen LogP contribution in [0.1, 0.15) is 9.75 Å². The Morgan fingerprint density at radius 3 is 2.88 bits per heavy atom. The molecule has 17 heavy (non-hydrogen) atoms. The van der Waals surface area contributed by atoms with Crippen molar-refractivity contribution in [2.45, 2.75) is 13.8 Å². The van der Waals surface area contributed by atoms with Gasteiger partial charge in [0.25, 0.3) is 0 Å². The maximum Gasteiger partial charge on any atom is 0.236 e. The molecule has 90 valence electrons. The van der Waals surface area contributed by atoms with Gasteiger partial charge in [-0.3, -0.25) is 4.79 Å². The highest BCUT2D eigenvalue weighted by atomic mass is 79.9. The van der Waals surface area contributed by atoms with Gasteiger partial charge in [-0.1, -0.05) is 15.9 Å². The lowest BCUT2D eigenvalue weighted by Crippen LogP contribution is -2.11. The van der Waals surface area contributed by atoms with Gasteiger partial charge >= 0.3 is 0 Å². The molecule has 0 radical (unpaired) electrons. The van der Waals surface area contributed by atoms with Crippen molar-refractivity contribution < 1.29 is 4.79 Å². The average molecular weight is 331 g/mol. The van der Waals surface area contributed by atoms with E-state index in [0.717, 1.165) is 11.3 Å². The van der Waals surface area contributed by atoms with Crippen molar-refractivity contribution in [2.24, 2.45) is 0 Å². The topological polar surface area (TPSA) is 42.0 Å². The lowest BCUT2D eigenvalue weighted by atomic mass is 10.2. The zero-order valence-electron chi connectivity index (χ0n) is 9.41. The highest BCUT2D eigenvalue weighted by Crippen LogP contribution is 2.32. The van der Waals surface area contributed by atoms with Crippen molar-refractivity contribution >= 4 is 49.6 Å². The Kier molecular flexibility index (Phi) is 3.96. The average Bonchev–Trinajstić information content (AvgIpc) is 2.85. The second-order valence-electron chi connectivity index (χ2n) is 3.55. The number of anilines is 1. The van der Waals surface area contributed by atoms with E-state index in [0.29, 0.717) is 10.5 Å². The molecule has 2 aromatic rings. The molecule has 0 unspecified atom stereocenters. The van der Waals surface area contributed by atoms with Crippen molar-refractivity contribution in [2.75, 3.05) is 10.6 Å². The normalized spacial score (nSPS) is 10.5. The summed E-state index contributed by atoms with van der Waals surface area (Å²) in [6.45, 7) is 4.17. The third-order valence-electron chi connectivity index (χ3n) is 2.19. The molecule has 6 heteroatoms. The first-order chi connectivity index (χ1) is 8.10. The minimum absolute atomic E-state index is 0.0795. The first kappa shape index (κ1) is 12.7. The summed E-state index contributed by atoms with van der Waals surface area (Å²) in [6, 6.07) is 2.13.